The molecule has 0 bridgehead atoms. The molecule has 0 aromatic carbocycles. The SMILES string of the molecule is CC(CC#N)N(C)C(C)C(=O)NCc1ccco1. The third-order valence-corrected chi connectivity index (χ3v) is 3.09. The van der Waals surface area contributed by atoms with E-state index in [1.807, 2.05) is 31.9 Å². The van der Waals surface area contributed by atoms with Crippen molar-refractivity contribution in [3.8, 4) is 6.07 Å². The molecule has 0 aliphatic carbocycles. The van der Waals surface area contributed by atoms with E-state index in [2.05, 4.69) is 11.4 Å². The highest BCUT2D eigenvalue weighted by Crippen LogP contribution is 2.06. The van der Waals surface area contributed by atoms with Gasteiger partial charge in [0.15, 0.2) is 0 Å². The number of carbonyl (C=O) groups is 1. The number of hydrogen-bond donors (Lipinski definition) is 1. The summed E-state index contributed by atoms with van der Waals surface area (Å²) in [6.45, 7) is 4.14. The molecule has 1 N–H and O–H groups in total. The number of amides is 1. The van der Waals surface area contributed by atoms with Crippen molar-refractivity contribution in [2.45, 2.75) is 38.9 Å². The van der Waals surface area contributed by atoms with Crippen molar-refractivity contribution in [3.05, 3.63) is 24.2 Å². The molecule has 5 nitrogen and oxygen atoms in total. The van der Waals surface area contributed by atoms with Crippen LogP contribution in [-0.2, 0) is 11.3 Å². The summed E-state index contributed by atoms with van der Waals surface area (Å²) < 4.78 is 5.14. The minimum atomic E-state index is -0.275. The fourth-order valence-corrected chi connectivity index (χ4v) is 1.58. The molecule has 0 saturated heterocycles. The van der Waals surface area contributed by atoms with E-state index >= 15 is 0 Å². The minimum Gasteiger partial charge on any atom is -0.467 e. The van der Waals surface area contributed by atoms with Crippen molar-refractivity contribution in [2.24, 2.45) is 0 Å². The van der Waals surface area contributed by atoms with Gasteiger partial charge < -0.3 is 9.73 Å². The zero-order valence-electron chi connectivity index (χ0n) is 11.0. The van der Waals surface area contributed by atoms with Crippen LogP contribution in [0.5, 0.6) is 0 Å². The van der Waals surface area contributed by atoms with Crippen LogP contribution >= 0.6 is 0 Å². The standard InChI is InChI=1S/C13H19N3O2/c1-10(6-7-14)16(3)11(2)13(17)15-9-12-5-4-8-18-12/h4-5,8,10-11H,6,9H2,1-3H3,(H,15,17). The van der Waals surface area contributed by atoms with Gasteiger partial charge in [-0.3, -0.25) is 9.69 Å². The van der Waals surface area contributed by atoms with Crippen LogP contribution in [0.3, 0.4) is 0 Å². The molecule has 1 rings (SSSR count). The molecule has 0 fully saturated rings. The Morgan fingerprint density at radius 3 is 2.89 bits per heavy atom. The second kappa shape index (κ2) is 6.82. The first kappa shape index (κ1) is 14.3. The van der Waals surface area contributed by atoms with Gasteiger partial charge in [-0.1, -0.05) is 0 Å². The number of likely N-dealkylation sites (N-methyl/N-ethyl adjacent to an activating group) is 1. The Labute approximate surface area is 107 Å². The Morgan fingerprint density at radius 2 is 2.33 bits per heavy atom. The quantitative estimate of drug-likeness (QED) is 0.829. The Kier molecular flexibility index (Phi) is 5.40. The van der Waals surface area contributed by atoms with Gasteiger partial charge in [0.05, 0.1) is 31.3 Å². The fourth-order valence-electron chi connectivity index (χ4n) is 1.58. The molecule has 1 aromatic rings. The second-order valence-corrected chi connectivity index (χ2v) is 4.35. The summed E-state index contributed by atoms with van der Waals surface area (Å²) in [7, 11) is 1.85. The normalized spacial score (nSPS) is 13.9. The summed E-state index contributed by atoms with van der Waals surface area (Å²) in [5.74, 6) is 0.655. The van der Waals surface area contributed by atoms with E-state index in [1.54, 1.807) is 12.3 Å². The van der Waals surface area contributed by atoms with Crippen LogP contribution in [0.2, 0.25) is 0 Å². The Morgan fingerprint density at radius 1 is 1.61 bits per heavy atom. The van der Waals surface area contributed by atoms with Crippen LogP contribution in [0.25, 0.3) is 0 Å². The van der Waals surface area contributed by atoms with Crippen molar-refractivity contribution >= 4 is 5.91 Å². The van der Waals surface area contributed by atoms with Crippen molar-refractivity contribution in [3.63, 3.8) is 0 Å². The van der Waals surface area contributed by atoms with E-state index in [4.69, 9.17) is 9.68 Å². The lowest BCUT2D eigenvalue weighted by molar-refractivity contribution is -0.126. The monoisotopic (exact) mass is 249 g/mol. The van der Waals surface area contributed by atoms with Crippen LogP contribution in [0.15, 0.2) is 22.8 Å². The van der Waals surface area contributed by atoms with Crippen LogP contribution in [-0.4, -0.2) is 29.9 Å². The summed E-state index contributed by atoms with van der Waals surface area (Å²) in [6.07, 6.45) is 1.98. The summed E-state index contributed by atoms with van der Waals surface area (Å²) >= 11 is 0. The first-order valence-corrected chi connectivity index (χ1v) is 5.95. The first-order chi connectivity index (χ1) is 8.56. The number of nitriles is 1. The van der Waals surface area contributed by atoms with Gasteiger partial charge in [-0.05, 0) is 33.0 Å². The highest BCUT2D eigenvalue weighted by molar-refractivity contribution is 5.81. The topological polar surface area (TPSA) is 69.3 Å². The van der Waals surface area contributed by atoms with E-state index < -0.39 is 0 Å². The average Bonchev–Trinajstić information content (AvgIpc) is 2.87. The van der Waals surface area contributed by atoms with Crippen molar-refractivity contribution in [2.75, 3.05) is 7.05 Å². The van der Waals surface area contributed by atoms with Crippen molar-refractivity contribution in [1.29, 1.82) is 5.26 Å². The average molecular weight is 249 g/mol. The molecule has 1 aromatic heterocycles. The maximum atomic E-state index is 11.9. The van der Waals surface area contributed by atoms with Gasteiger partial charge in [0.2, 0.25) is 5.91 Å². The number of rotatable bonds is 6. The smallest absolute Gasteiger partial charge is 0.237 e. The number of hydrogen-bond acceptors (Lipinski definition) is 4. The highest BCUT2D eigenvalue weighted by Gasteiger charge is 2.21. The van der Waals surface area contributed by atoms with Gasteiger partial charge in [0.25, 0.3) is 0 Å². The largest absolute Gasteiger partial charge is 0.467 e. The van der Waals surface area contributed by atoms with Crippen LogP contribution in [0, 0.1) is 11.3 Å². The number of carbonyl (C=O) groups excluding carboxylic acids is 1. The minimum absolute atomic E-state index is 0.0550. The number of nitrogens with zero attached hydrogens (tertiary/aromatic N) is 2. The van der Waals surface area contributed by atoms with Crippen LogP contribution < -0.4 is 5.32 Å². The molecule has 2 atom stereocenters. The molecule has 1 heterocycles. The van der Waals surface area contributed by atoms with Gasteiger partial charge >= 0.3 is 0 Å². The van der Waals surface area contributed by atoms with Crippen LogP contribution in [0.4, 0.5) is 0 Å². The zero-order valence-corrected chi connectivity index (χ0v) is 11.0. The van der Waals surface area contributed by atoms with Gasteiger partial charge in [-0.25, -0.2) is 0 Å². The third kappa shape index (κ3) is 3.90. The molecular weight excluding hydrogens is 230 g/mol. The molecule has 0 radical (unpaired) electrons. The van der Waals surface area contributed by atoms with E-state index in [0.717, 1.165) is 5.76 Å². The molecule has 5 heteroatoms. The second-order valence-electron chi connectivity index (χ2n) is 4.35. The molecule has 2 unspecified atom stereocenters. The number of furan rings is 1. The maximum Gasteiger partial charge on any atom is 0.237 e. The van der Waals surface area contributed by atoms with Gasteiger partial charge in [0.1, 0.15) is 5.76 Å². The van der Waals surface area contributed by atoms with Crippen LogP contribution in [0.1, 0.15) is 26.0 Å². The van der Waals surface area contributed by atoms with E-state index in [0.29, 0.717) is 13.0 Å². The summed E-state index contributed by atoms with van der Waals surface area (Å²) in [6, 6.07) is 5.48. The van der Waals surface area contributed by atoms with Crippen molar-refractivity contribution < 1.29 is 9.21 Å². The maximum absolute atomic E-state index is 11.9. The predicted molar refractivity (Wildman–Crippen MR) is 67.5 cm³/mol. The van der Waals surface area contributed by atoms with E-state index in [-0.39, 0.29) is 18.0 Å². The molecule has 0 spiro atoms. The molecular formula is C13H19N3O2. The van der Waals surface area contributed by atoms with E-state index in [9.17, 15) is 4.79 Å². The van der Waals surface area contributed by atoms with Crippen molar-refractivity contribution in [1.82, 2.24) is 10.2 Å². The Balaban J connectivity index is 2.43. The van der Waals surface area contributed by atoms with Gasteiger partial charge in [-0.15, -0.1) is 0 Å². The van der Waals surface area contributed by atoms with E-state index in [1.165, 1.54) is 0 Å². The lowest BCUT2D eigenvalue weighted by Gasteiger charge is -2.28. The zero-order chi connectivity index (χ0) is 13.5. The lowest BCUT2D eigenvalue weighted by Crippen LogP contribution is -2.46. The highest BCUT2D eigenvalue weighted by atomic mass is 16.3. The summed E-state index contributed by atoms with van der Waals surface area (Å²) in [5.41, 5.74) is 0. The third-order valence-electron chi connectivity index (χ3n) is 3.09. The Bertz CT molecular complexity index is 408. The molecule has 0 aliphatic rings. The van der Waals surface area contributed by atoms with Gasteiger partial charge in [-0.2, -0.15) is 5.26 Å². The number of nitrogens with one attached hydrogen (secondary N) is 1. The van der Waals surface area contributed by atoms with Gasteiger partial charge in [0, 0.05) is 6.04 Å². The fraction of sp³-hybridized carbons (Fsp3) is 0.538. The molecule has 98 valence electrons. The molecule has 0 aliphatic heterocycles. The predicted octanol–water partition coefficient (Wildman–Crippen LogP) is 1.52. The summed E-state index contributed by atoms with van der Waals surface area (Å²) in [4.78, 5) is 13.8. The Hall–Kier alpha value is -1.80. The first-order valence-electron chi connectivity index (χ1n) is 5.95. The summed E-state index contributed by atoms with van der Waals surface area (Å²) in [5, 5.41) is 11.5. The molecule has 1 amide bonds. The lowest BCUT2D eigenvalue weighted by atomic mass is 10.1. The molecule has 0 saturated carbocycles. The molecule has 18 heavy (non-hydrogen) atoms.